The fourth-order valence-corrected chi connectivity index (χ4v) is 4.56. The molecule has 1 N–H and O–H groups in total. The first kappa shape index (κ1) is 29.5. The summed E-state index contributed by atoms with van der Waals surface area (Å²) in [6.07, 6.45) is -1.35. The average Bonchev–Trinajstić information content (AvgIpc) is 3.62. The first-order chi connectivity index (χ1) is 19.5. The number of cyclic esters (lactones) is 1. The number of hydrogen-bond donors (Lipinski definition) is 1. The number of aryl methyl sites for hydroxylation is 1. The minimum atomic E-state index is -1.40. The second kappa shape index (κ2) is 14.8. The highest BCUT2D eigenvalue weighted by atomic mass is 16.6. The monoisotopic (exact) mass is 551 g/mol. The molecular formula is C31H37NO8. The number of imide groups is 1. The van der Waals surface area contributed by atoms with Crippen LogP contribution >= 0.6 is 0 Å². The van der Waals surface area contributed by atoms with Gasteiger partial charge in [0.2, 0.25) is 0 Å². The summed E-state index contributed by atoms with van der Waals surface area (Å²) in [5, 5.41) is 10.9. The maximum Gasteiger partial charge on any atom is 0.417 e. The van der Waals surface area contributed by atoms with E-state index in [9.17, 15) is 14.7 Å². The van der Waals surface area contributed by atoms with Gasteiger partial charge in [0, 0.05) is 20.1 Å². The van der Waals surface area contributed by atoms with E-state index in [1.165, 1.54) is 7.11 Å². The molecule has 0 unspecified atom stereocenters. The molecule has 9 nitrogen and oxygen atoms in total. The second-order valence-electron chi connectivity index (χ2n) is 9.62. The van der Waals surface area contributed by atoms with Crippen molar-refractivity contribution in [1.82, 2.24) is 4.90 Å². The van der Waals surface area contributed by atoms with E-state index < -0.39 is 30.3 Å². The number of hydrogen-bond acceptors (Lipinski definition) is 8. The number of methoxy groups -OCH3 is 1. The van der Waals surface area contributed by atoms with Crippen molar-refractivity contribution in [3.8, 4) is 0 Å². The number of aliphatic hydroxyl groups is 1. The van der Waals surface area contributed by atoms with E-state index >= 15 is 0 Å². The number of ether oxygens (including phenoxy) is 4. The van der Waals surface area contributed by atoms with Crippen LogP contribution in [0.4, 0.5) is 4.79 Å². The molecule has 1 aliphatic heterocycles. The van der Waals surface area contributed by atoms with Crippen molar-refractivity contribution in [2.45, 2.75) is 57.1 Å². The zero-order chi connectivity index (χ0) is 28.3. The molecule has 0 bridgehead atoms. The van der Waals surface area contributed by atoms with Crippen molar-refractivity contribution in [3.05, 3.63) is 95.4 Å². The van der Waals surface area contributed by atoms with Crippen LogP contribution in [0, 0.1) is 0 Å². The zero-order valence-electron chi connectivity index (χ0n) is 22.9. The second-order valence-corrected chi connectivity index (χ2v) is 9.62. The molecule has 0 saturated carbocycles. The van der Waals surface area contributed by atoms with Gasteiger partial charge in [0.25, 0.3) is 5.91 Å². The number of nitrogens with zero attached hydrogens (tertiary/aromatic N) is 1. The molecule has 0 radical (unpaired) electrons. The first-order valence-electron chi connectivity index (χ1n) is 13.6. The van der Waals surface area contributed by atoms with E-state index in [2.05, 4.69) is 6.92 Å². The SMILES string of the molecule is CC[C@H](COCCCc1ccc([C@@H](O)[C@H](OC)C(=O)N2C(=O)OC[C@@H]2c2ccccc2)o1)OCc1ccccc1. The molecule has 4 atom stereocenters. The molecule has 3 aromatic rings. The van der Waals surface area contributed by atoms with Crippen LogP contribution in [0.2, 0.25) is 0 Å². The summed E-state index contributed by atoms with van der Waals surface area (Å²) in [4.78, 5) is 26.7. The molecule has 4 rings (SSSR count). The molecule has 9 heteroatoms. The summed E-state index contributed by atoms with van der Waals surface area (Å²) in [6, 6.07) is 21.9. The highest BCUT2D eigenvalue weighted by Gasteiger charge is 2.44. The van der Waals surface area contributed by atoms with Crippen molar-refractivity contribution in [3.63, 3.8) is 0 Å². The molecule has 2 aromatic carbocycles. The molecule has 214 valence electrons. The van der Waals surface area contributed by atoms with Crippen molar-refractivity contribution < 1.29 is 38.1 Å². The van der Waals surface area contributed by atoms with Gasteiger partial charge in [0.05, 0.1) is 19.3 Å². The van der Waals surface area contributed by atoms with Gasteiger partial charge < -0.3 is 28.5 Å². The van der Waals surface area contributed by atoms with E-state index in [1.54, 1.807) is 12.1 Å². The Labute approximate surface area is 234 Å². The predicted octanol–water partition coefficient (Wildman–Crippen LogP) is 4.99. The molecule has 1 fully saturated rings. The van der Waals surface area contributed by atoms with Crippen LogP contribution in [-0.4, -0.2) is 61.1 Å². The number of benzene rings is 2. The fraction of sp³-hybridized carbons (Fsp3) is 0.419. The lowest BCUT2D eigenvalue weighted by molar-refractivity contribution is -0.148. The lowest BCUT2D eigenvalue weighted by Gasteiger charge is -2.26. The quantitative estimate of drug-likeness (QED) is 0.263. The fourth-order valence-electron chi connectivity index (χ4n) is 4.56. The van der Waals surface area contributed by atoms with Crippen molar-refractivity contribution in [2.24, 2.45) is 0 Å². The number of carbonyl (C=O) groups excluding carboxylic acids is 2. The molecule has 0 aliphatic carbocycles. The van der Waals surface area contributed by atoms with Crippen LogP contribution in [-0.2, 0) is 36.8 Å². The van der Waals surface area contributed by atoms with Crippen LogP contribution < -0.4 is 0 Å². The van der Waals surface area contributed by atoms with E-state index in [1.807, 2.05) is 60.7 Å². The third-order valence-electron chi connectivity index (χ3n) is 6.85. The van der Waals surface area contributed by atoms with Gasteiger partial charge in [0.15, 0.2) is 6.10 Å². The average molecular weight is 552 g/mol. The van der Waals surface area contributed by atoms with E-state index in [-0.39, 0.29) is 18.5 Å². The Morgan fingerprint density at radius 3 is 2.50 bits per heavy atom. The molecule has 2 heterocycles. The van der Waals surface area contributed by atoms with Crippen LogP contribution in [0.5, 0.6) is 0 Å². The van der Waals surface area contributed by atoms with Gasteiger partial charge in [0.1, 0.15) is 30.3 Å². The van der Waals surface area contributed by atoms with E-state index in [0.717, 1.165) is 22.4 Å². The normalized spacial score (nSPS) is 17.4. The zero-order valence-corrected chi connectivity index (χ0v) is 22.9. The van der Waals surface area contributed by atoms with Gasteiger partial charge >= 0.3 is 6.09 Å². The third kappa shape index (κ3) is 7.57. The van der Waals surface area contributed by atoms with Gasteiger partial charge in [-0.3, -0.25) is 4.79 Å². The van der Waals surface area contributed by atoms with Gasteiger partial charge in [-0.2, -0.15) is 0 Å². The lowest BCUT2D eigenvalue weighted by Crippen LogP contribution is -2.44. The van der Waals surface area contributed by atoms with Gasteiger partial charge in [-0.05, 0) is 36.1 Å². The standard InChI is InChI=1S/C31H37NO8/c1-3-24(38-19-22-11-6-4-7-12-22)20-37-18-10-15-25-16-17-27(40-25)28(33)29(36-2)30(34)32-26(21-39-31(32)35)23-13-8-5-9-14-23/h4-9,11-14,16-17,24,26,28-29,33H,3,10,15,18-21H2,1-2H3/t24-,26-,28-,29+/m1/s1. The van der Waals surface area contributed by atoms with Gasteiger partial charge in [-0.25, -0.2) is 9.69 Å². The summed E-state index contributed by atoms with van der Waals surface area (Å²) in [6.45, 7) is 3.69. The number of rotatable bonds is 15. The Morgan fingerprint density at radius 2 is 1.80 bits per heavy atom. The highest BCUT2D eigenvalue weighted by Crippen LogP contribution is 2.31. The maximum absolute atomic E-state index is 13.3. The third-order valence-corrected chi connectivity index (χ3v) is 6.85. The largest absolute Gasteiger partial charge is 0.463 e. The summed E-state index contributed by atoms with van der Waals surface area (Å²) in [5.41, 5.74) is 1.88. The molecule has 1 aliphatic rings. The number of aliphatic hydroxyl groups excluding tert-OH is 1. The maximum atomic E-state index is 13.3. The summed E-state index contributed by atoms with van der Waals surface area (Å²) in [7, 11) is 1.30. The Balaban J connectivity index is 1.25. The van der Waals surface area contributed by atoms with Gasteiger partial charge in [-0.15, -0.1) is 0 Å². The number of carbonyl (C=O) groups is 2. The minimum absolute atomic E-state index is 0.0171. The van der Waals surface area contributed by atoms with E-state index in [0.29, 0.717) is 38.4 Å². The van der Waals surface area contributed by atoms with Crippen LogP contribution in [0.1, 0.15) is 54.6 Å². The topological polar surface area (TPSA) is 108 Å². The number of amides is 2. The molecule has 1 saturated heterocycles. The van der Waals surface area contributed by atoms with Crippen LogP contribution in [0.3, 0.4) is 0 Å². The molecule has 1 aromatic heterocycles. The molecule has 2 amide bonds. The first-order valence-corrected chi connectivity index (χ1v) is 13.6. The smallest absolute Gasteiger partial charge is 0.417 e. The Bertz CT molecular complexity index is 1200. The summed E-state index contributed by atoms with van der Waals surface area (Å²) < 4.78 is 28.1. The molecule has 40 heavy (non-hydrogen) atoms. The summed E-state index contributed by atoms with van der Waals surface area (Å²) >= 11 is 0. The van der Waals surface area contributed by atoms with Gasteiger partial charge in [-0.1, -0.05) is 67.6 Å². The Kier molecular flexibility index (Phi) is 10.9. The highest BCUT2D eigenvalue weighted by molar-refractivity contribution is 5.96. The molecule has 0 spiro atoms. The molecular weight excluding hydrogens is 514 g/mol. The van der Waals surface area contributed by atoms with E-state index in [4.69, 9.17) is 23.4 Å². The van der Waals surface area contributed by atoms with Crippen molar-refractivity contribution in [2.75, 3.05) is 26.9 Å². The Morgan fingerprint density at radius 1 is 1.07 bits per heavy atom. The van der Waals surface area contributed by atoms with Crippen LogP contribution in [0.15, 0.2) is 77.2 Å². The predicted molar refractivity (Wildman–Crippen MR) is 146 cm³/mol. The van der Waals surface area contributed by atoms with Crippen molar-refractivity contribution >= 4 is 12.0 Å². The van der Waals surface area contributed by atoms with Crippen LogP contribution in [0.25, 0.3) is 0 Å². The van der Waals surface area contributed by atoms with Crippen molar-refractivity contribution in [1.29, 1.82) is 0 Å². The Hall–Kier alpha value is -3.50. The summed E-state index contributed by atoms with van der Waals surface area (Å²) in [5.74, 6) is 0.132. The minimum Gasteiger partial charge on any atom is -0.463 e. The lowest BCUT2D eigenvalue weighted by atomic mass is 10.0. The number of furan rings is 1.